The molecule has 78 valence electrons. The van der Waals surface area contributed by atoms with Crippen LogP contribution < -0.4 is 0 Å². The summed E-state index contributed by atoms with van der Waals surface area (Å²) in [7, 11) is 0. The van der Waals surface area contributed by atoms with Crippen molar-refractivity contribution in [1.82, 2.24) is 0 Å². The van der Waals surface area contributed by atoms with Crippen molar-refractivity contribution in [2.24, 2.45) is 5.92 Å². The van der Waals surface area contributed by atoms with Crippen molar-refractivity contribution < 1.29 is 9.53 Å². The Morgan fingerprint density at radius 2 is 2.00 bits per heavy atom. The summed E-state index contributed by atoms with van der Waals surface area (Å²) in [5.41, 5.74) is -0.0195. The Morgan fingerprint density at radius 3 is 2.46 bits per heavy atom. The van der Waals surface area contributed by atoms with Crippen LogP contribution in [0.4, 0.5) is 4.79 Å². The minimum Gasteiger partial charge on any atom is -0.367 e. The smallest absolute Gasteiger partial charge is 0.248 e. The van der Waals surface area contributed by atoms with E-state index in [4.69, 9.17) is 4.74 Å². The third kappa shape index (κ3) is 8.65. The molecule has 0 amide bonds. The van der Waals surface area contributed by atoms with Crippen molar-refractivity contribution in [2.75, 3.05) is 12.4 Å². The molecule has 4 heteroatoms. The molecule has 0 bridgehead atoms. The molecule has 0 saturated carbocycles. The van der Waals surface area contributed by atoms with Crippen LogP contribution in [0.1, 0.15) is 27.7 Å². The fourth-order valence-corrected chi connectivity index (χ4v) is 2.33. The molecule has 0 heterocycles. The Balaban J connectivity index is 3.49. The summed E-state index contributed by atoms with van der Waals surface area (Å²) < 4.78 is 5.60. The van der Waals surface area contributed by atoms with Crippen molar-refractivity contribution in [2.45, 2.75) is 33.1 Å². The van der Waals surface area contributed by atoms with E-state index >= 15 is 0 Å². The van der Waals surface area contributed by atoms with Crippen molar-refractivity contribution in [3.8, 4) is 0 Å². The predicted molar refractivity (Wildman–Crippen MR) is 61.4 cm³/mol. The second kappa shape index (κ2) is 7.71. The molecule has 0 radical (unpaired) electrons. The molecule has 0 aliphatic heterocycles. The van der Waals surface area contributed by atoms with Crippen LogP contribution in [-0.2, 0) is 4.74 Å². The van der Waals surface area contributed by atoms with Crippen LogP contribution in [0.2, 0.25) is 0 Å². The Hall–Kier alpha value is 0.330. The molecule has 0 saturated heterocycles. The van der Waals surface area contributed by atoms with Gasteiger partial charge in [-0.05, 0) is 30.4 Å². The number of ether oxygens (including phenoxy) is 1. The van der Waals surface area contributed by atoms with Gasteiger partial charge in [-0.1, -0.05) is 32.5 Å². The minimum absolute atomic E-state index is 0.0195. The molecular formula is C9H18O2S2. The van der Waals surface area contributed by atoms with E-state index in [-0.39, 0.29) is 9.88 Å². The van der Waals surface area contributed by atoms with Crippen LogP contribution in [0.25, 0.3) is 0 Å². The lowest BCUT2D eigenvalue weighted by molar-refractivity contribution is 0.101. The summed E-state index contributed by atoms with van der Waals surface area (Å²) in [6.45, 7) is 8.81. The van der Waals surface area contributed by atoms with Gasteiger partial charge in [-0.25, -0.2) is 0 Å². The number of hydrogen-bond donors (Lipinski definition) is 0. The molecule has 0 rings (SSSR count). The first-order valence-electron chi connectivity index (χ1n) is 4.51. The molecule has 1 unspecified atom stereocenters. The van der Waals surface area contributed by atoms with E-state index in [1.807, 2.05) is 13.8 Å². The highest BCUT2D eigenvalue weighted by atomic mass is 32.2. The highest BCUT2D eigenvalue weighted by Crippen LogP contribution is 2.22. The first kappa shape index (κ1) is 13.3. The highest BCUT2D eigenvalue weighted by Gasteiger charge is 2.10. The lowest BCUT2D eigenvalue weighted by Gasteiger charge is -2.12. The summed E-state index contributed by atoms with van der Waals surface area (Å²) >= 11 is 2.61. The standard InChI is InChI=1S/C9H18O2S2/c1-5-12-9(10)13-8(4)11-6-7(2)3/h7-8H,5-6H2,1-4H3. The van der Waals surface area contributed by atoms with Gasteiger partial charge in [0.05, 0.1) is 6.61 Å². The van der Waals surface area contributed by atoms with Crippen LogP contribution in [0.3, 0.4) is 0 Å². The lowest BCUT2D eigenvalue weighted by Crippen LogP contribution is -2.10. The second-order valence-corrected chi connectivity index (χ2v) is 5.86. The van der Waals surface area contributed by atoms with E-state index < -0.39 is 0 Å². The van der Waals surface area contributed by atoms with Crippen LogP contribution in [-0.4, -0.2) is 22.2 Å². The Labute approximate surface area is 89.2 Å². The molecular weight excluding hydrogens is 204 g/mol. The zero-order chi connectivity index (χ0) is 10.3. The normalized spacial score (nSPS) is 13.3. The van der Waals surface area contributed by atoms with E-state index in [9.17, 15) is 4.79 Å². The van der Waals surface area contributed by atoms with Crippen LogP contribution in [0.5, 0.6) is 0 Å². The molecule has 13 heavy (non-hydrogen) atoms. The average Bonchev–Trinajstić information content (AvgIpc) is 2.01. The van der Waals surface area contributed by atoms with Crippen LogP contribution in [0, 0.1) is 5.92 Å². The first-order valence-corrected chi connectivity index (χ1v) is 6.37. The van der Waals surface area contributed by atoms with Gasteiger partial charge in [-0.3, -0.25) is 4.79 Å². The largest absolute Gasteiger partial charge is 0.367 e. The summed E-state index contributed by atoms with van der Waals surface area (Å²) in [5.74, 6) is 1.36. The Bertz CT molecular complexity index is 149. The second-order valence-electron chi connectivity index (χ2n) is 3.10. The van der Waals surface area contributed by atoms with Crippen molar-refractivity contribution in [3.63, 3.8) is 0 Å². The minimum atomic E-state index is -0.0195. The summed E-state index contributed by atoms with van der Waals surface area (Å²) in [6.07, 6.45) is 0. The quantitative estimate of drug-likeness (QED) is 0.664. The van der Waals surface area contributed by atoms with Crippen molar-refractivity contribution in [1.29, 1.82) is 0 Å². The fourth-order valence-electron chi connectivity index (χ4n) is 0.649. The zero-order valence-electron chi connectivity index (χ0n) is 8.70. The van der Waals surface area contributed by atoms with Crippen molar-refractivity contribution in [3.05, 3.63) is 0 Å². The SMILES string of the molecule is CCSC(=O)SC(C)OCC(C)C. The summed E-state index contributed by atoms with van der Waals surface area (Å²) in [5, 5.41) is 0. The highest BCUT2D eigenvalue weighted by molar-refractivity contribution is 8.38. The van der Waals surface area contributed by atoms with Crippen LogP contribution in [0.15, 0.2) is 0 Å². The van der Waals surface area contributed by atoms with Gasteiger partial charge in [-0.15, -0.1) is 0 Å². The number of hydrogen-bond acceptors (Lipinski definition) is 4. The Morgan fingerprint density at radius 1 is 1.38 bits per heavy atom. The van der Waals surface area contributed by atoms with Gasteiger partial charge in [0.25, 0.3) is 0 Å². The van der Waals surface area contributed by atoms with Gasteiger partial charge >= 0.3 is 0 Å². The first-order chi connectivity index (χ1) is 6.06. The number of thioether (sulfide) groups is 2. The fraction of sp³-hybridized carbons (Fsp3) is 0.889. The van der Waals surface area contributed by atoms with Gasteiger partial charge in [0.2, 0.25) is 4.45 Å². The summed E-state index contributed by atoms with van der Waals surface area (Å²) in [4.78, 5) is 11.1. The molecule has 0 aliphatic carbocycles. The molecule has 1 atom stereocenters. The van der Waals surface area contributed by atoms with Crippen molar-refractivity contribution >= 4 is 28.0 Å². The molecule has 2 nitrogen and oxygen atoms in total. The lowest BCUT2D eigenvalue weighted by atomic mass is 10.2. The molecule has 0 aromatic heterocycles. The number of rotatable bonds is 5. The maximum absolute atomic E-state index is 11.1. The van der Waals surface area contributed by atoms with E-state index in [0.717, 1.165) is 12.4 Å². The molecule has 0 fully saturated rings. The molecule has 0 aromatic rings. The topological polar surface area (TPSA) is 26.3 Å². The van der Waals surface area contributed by atoms with E-state index in [1.54, 1.807) is 0 Å². The monoisotopic (exact) mass is 222 g/mol. The third-order valence-electron chi connectivity index (χ3n) is 1.19. The predicted octanol–water partition coefficient (Wildman–Crippen LogP) is 3.61. The van der Waals surface area contributed by atoms with Crippen LogP contribution >= 0.6 is 23.5 Å². The van der Waals surface area contributed by atoms with Gasteiger partial charge in [0.1, 0.15) is 5.44 Å². The number of carbonyl (C=O) groups is 1. The third-order valence-corrected chi connectivity index (χ3v) is 3.02. The van der Waals surface area contributed by atoms with Gasteiger partial charge < -0.3 is 4.74 Å². The maximum Gasteiger partial charge on any atom is 0.248 e. The van der Waals surface area contributed by atoms with E-state index in [0.29, 0.717) is 5.92 Å². The molecule has 0 aromatic carbocycles. The van der Waals surface area contributed by atoms with Gasteiger partial charge in [0, 0.05) is 0 Å². The Kier molecular flexibility index (Phi) is 7.90. The molecule has 0 spiro atoms. The maximum atomic E-state index is 11.1. The average molecular weight is 222 g/mol. The van der Waals surface area contributed by atoms with E-state index in [1.165, 1.54) is 23.5 Å². The van der Waals surface area contributed by atoms with Gasteiger partial charge in [0.15, 0.2) is 0 Å². The zero-order valence-corrected chi connectivity index (χ0v) is 10.3. The van der Waals surface area contributed by atoms with Gasteiger partial charge in [-0.2, -0.15) is 0 Å². The summed E-state index contributed by atoms with van der Waals surface area (Å²) in [6, 6.07) is 0. The van der Waals surface area contributed by atoms with E-state index in [2.05, 4.69) is 13.8 Å². The molecule has 0 N–H and O–H groups in total. The molecule has 0 aliphatic rings. The number of carbonyl (C=O) groups excluding carboxylic acids is 1.